The number of nitrogens with zero attached hydrogens (tertiary/aromatic N) is 4. The number of hydrogen-bond donors (Lipinski definition) is 1. The highest BCUT2D eigenvalue weighted by Crippen LogP contribution is 2.27. The molecule has 0 aliphatic heterocycles. The predicted octanol–water partition coefficient (Wildman–Crippen LogP) is 4.36. The zero-order chi connectivity index (χ0) is 19.8. The van der Waals surface area contributed by atoms with Crippen molar-refractivity contribution in [2.45, 2.75) is 13.5 Å². The fourth-order valence-electron chi connectivity index (χ4n) is 3.17. The fourth-order valence-corrected chi connectivity index (χ4v) is 3.17. The second kappa shape index (κ2) is 6.90. The molecule has 5 aromatic heterocycles. The largest absolute Gasteiger partial charge is 0.495 e. The Morgan fingerprint density at radius 2 is 2.03 bits per heavy atom. The van der Waals surface area contributed by atoms with Gasteiger partial charge in [-0.05, 0) is 25.1 Å². The van der Waals surface area contributed by atoms with E-state index in [1.54, 1.807) is 25.8 Å². The van der Waals surface area contributed by atoms with E-state index in [9.17, 15) is 0 Å². The fraction of sp³-hybridized carbons (Fsp3) is 0.143. The predicted molar refractivity (Wildman–Crippen MR) is 108 cm³/mol. The molecule has 0 aromatic carbocycles. The van der Waals surface area contributed by atoms with Crippen LogP contribution in [0.2, 0.25) is 0 Å². The number of rotatable bonds is 5. The molecule has 0 bridgehead atoms. The standard InChI is InChI=1S/C21H17N5O3/c1-12-7-19(29-26-12)15-3-4-18-20(25-15)13(11-28-18)9-23-16-5-6-22-17-8-14(27-2)10-24-21(16)17/h3-8,10-11H,9H2,1-2H3,(H,22,23). The molecule has 0 spiro atoms. The Morgan fingerprint density at radius 3 is 2.86 bits per heavy atom. The maximum absolute atomic E-state index is 5.66. The van der Waals surface area contributed by atoms with E-state index in [1.807, 2.05) is 37.3 Å². The van der Waals surface area contributed by atoms with Gasteiger partial charge in [0.2, 0.25) is 0 Å². The van der Waals surface area contributed by atoms with E-state index in [4.69, 9.17) is 18.7 Å². The second-order valence-electron chi connectivity index (χ2n) is 6.59. The number of furan rings is 1. The summed E-state index contributed by atoms with van der Waals surface area (Å²) in [6.45, 7) is 2.40. The van der Waals surface area contributed by atoms with Gasteiger partial charge in [0.1, 0.15) is 22.5 Å². The number of pyridine rings is 3. The topological polar surface area (TPSA) is 99.1 Å². The van der Waals surface area contributed by atoms with Crippen molar-refractivity contribution in [3.8, 4) is 17.2 Å². The van der Waals surface area contributed by atoms with E-state index in [0.717, 1.165) is 33.5 Å². The molecule has 0 aliphatic rings. The SMILES string of the molecule is COc1cnc2c(NCc3coc4ccc(-c5cc(C)no5)nc34)ccnc2c1. The van der Waals surface area contributed by atoms with E-state index in [1.165, 1.54) is 0 Å². The summed E-state index contributed by atoms with van der Waals surface area (Å²) in [4.78, 5) is 13.5. The van der Waals surface area contributed by atoms with Crippen LogP contribution in [-0.4, -0.2) is 27.2 Å². The van der Waals surface area contributed by atoms with Crippen molar-refractivity contribution in [3.63, 3.8) is 0 Å². The lowest BCUT2D eigenvalue weighted by Crippen LogP contribution is -2.01. The maximum Gasteiger partial charge on any atom is 0.185 e. The summed E-state index contributed by atoms with van der Waals surface area (Å²) in [5.41, 5.74) is 6.33. The quantitative estimate of drug-likeness (QED) is 0.475. The van der Waals surface area contributed by atoms with Gasteiger partial charge in [-0.3, -0.25) is 4.98 Å². The number of fused-ring (bicyclic) bond motifs is 2. The molecule has 0 radical (unpaired) electrons. The van der Waals surface area contributed by atoms with Crippen LogP contribution in [0.4, 0.5) is 5.69 Å². The molecular formula is C21H17N5O3. The Kier molecular flexibility index (Phi) is 4.09. The van der Waals surface area contributed by atoms with Gasteiger partial charge in [0.25, 0.3) is 0 Å². The molecule has 5 heterocycles. The third-order valence-electron chi connectivity index (χ3n) is 4.63. The van der Waals surface area contributed by atoms with Crippen molar-refractivity contribution >= 4 is 27.8 Å². The first-order valence-electron chi connectivity index (χ1n) is 9.05. The van der Waals surface area contributed by atoms with Gasteiger partial charge in [0.05, 0.1) is 36.5 Å². The first-order chi connectivity index (χ1) is 14.2. The van der Waals surface area contributed by atoms with Crippen molar-refractivity contribution < 1.29 is 13.7 Å². The third-order valence-corrected chi connectivity index (χ3v) is 4.63. The number of hydrogen-bond acceptors (Lipinski definition) is 8. The summed E-state index contributed by atoms with van der Waals surface area (Å²) in [6.07, 6.45) is 5.12. The monoisotopic (exact) mass is 387 g/mol. The van der Waals surface area contributed by atoms with Crippen LogP contribution in [0.15, 0.2) is 57.9 Å². The number of aromatic nitrogens is 4. The summed E-state index contributed by atoms with van der Waals surface area (Å²) < 4.78 is 16.2. The smallest absolute Gasteiger partial charge is 0.185 e. The minimum atomic E-state index is 0.520. The average molecular weight is 387 g/mol. The summed E-state index contributed by atoms with van der Waals surface area (Å²) in [5, 5.41) is 7.33. The minimum absolute atomic E-state index is 0.520. The molecule has 0 saturated heterocycles. The Hall–Kier alpha value is -3.94. The van der Waals surface area contributed by atoms with Crippen LogP contribution < -0.4 is 10.1 Å². The Labute approximate surface area is 165 Å². The molecule has 29 heavy (non-hydrogen) atoms. The highest BCUT2D eigenvalue weighted by Gasteiger charge is 2.13. The van der Waals surface area contributed by atoms with Crippen LogP contribution in [-0.2, 0) is 6.54 Å². The van der Waals surface area contributed by atoms with Crippen molar-refractivity contribution in [2.75, 3.05) is 12.4 Å². The molecule has 8 nitrogen and oxygen atoms in total. The van der Waals surface area contributed by atoms with E-state index < -0.39 is 0 Å². The normalized spacial score (nSPS) is 11.2. The van der Waals surface area contributed by atoms with Gasteiger partial charge in [0.15, 0.2) is 11.3 Å². The minimum Gasteiger partial charge on any atom is -0.495 e. The van der Waals surface area contributed by atoms with Gasteiger partial charge in [-0.15, -0.1) is 0 Å². The number of ether oxygens (including phenoxy) is 1. The molecule has 0 atom stereocenters. The van der Waals surface area contributed by atoms with Gasteiger partial charge >= 0.3 is 0 Å². The lowest BCUT2D eigenvalue weighted by atomic mass is 10.2. The van der Waals surface area contributed by atoms with Gasteiger partial charge in [-0.1, -0.05) is 5.16 Å². The van der Waals surface area contributed by atoms with Crippen molar-refractivity contribution in [1.29, 1.82) is 0 Å². The van der Waals surface area contributed by atoms with E-state index >= 15 is 0 Å². The van der Waals surface area contributed by atoms with Gasteiger partial charge in [-0.2, -0.15) is 0 Å². The summed E-state index contributed by atoms with van der Waals surface area (Å²) in [5.74, 6) is 1.30. The molecular weight excluding hydrogens is 370 g/mol. The molecule has 0 saturated carbocycles. The van der Waals surface area contributed by atoms with Crippen LogP contribution in [0, 0.1) is 6.92 Å². The average Bonchev–Trinajstić information content (AvgIpc) is 3.37. The van der Waals surface area contributed by atoms with E-state index in [2.05, 4.69) is 20.4 Å². The first kappa shape index (κ1) is 17.2. The van der Waals surface area contributed by atoms with Crippen LogP contribution >= 0.6 is 0 Å². The molecule has 0 unspecified atom stereocenters. The third kappa shape index (κ3) is 3.14. The molecule has 0 fully saturated rings. The summed E-state index contributed by atoms with van der Waals surface area (Å²) in [7, 11) is 1.61. The number of anilines is 1. The Bertz CT molecular complexity index is 1320. The van der Waals surface area contributed by atoms with Crippen molar-refractivity contribution in [1.82, 2.24) is 20.1 Å². The van der Waals surface area contributed by atoms with E-state index in [-0.39, 0.29) is 0 Å². The molecule has 8 heteroatoms. The van der Waals surface area contributed by atoms with Crippen LogP contribution in [0.25, 0.3) is 33.6 Å². The summed E-state index contributed by atoms with van der Waals surface area (Å²) in [6, 6.07) is 9.34. The molecule has 5 rings (SSSR count). The summed E-state index contributed by atoms with van der Waals surface area (Å²) >= 11 is 0. The van der Waals surface area contributed by atoms with Gasteiger partial charge in [0, 0.05) is 30.4 Å². The Balaban J connectivity index is 1.46. The van der Waals surface area contributed by atoms with Crippen LogP contribution in [0.1, 0.15) is 11.3 Å². The molecule has 0 aliphatic carbocycles. The first-order valence-corrected chi connectivity index (χ1v) is 9.05. The Morgan fingerprint density at radius 1 is 1.10 bits per heavy atom. The van der Waals surface area contributed by atoms with E-state index in [0.29, 0.717) is 29.3 Å². The molecule has 144 valence electrons. The van der Waals surface area contributed by atoms with Gasteiger partial charge in [-0.25, -0.2) is 9.97 Å². The number of methoxy groups -OCH3 is 1. The molecule has 5 aromatic rings. The maximum atomic E-state index is 5.66. The lowest BCUT2D eigenvalue weighted by Gasteiger charge is -2.08. The molecule has 0 amide bonds. The van der Waals surface area contributed by atoms with Crippen molar-refractivity contribution in [3.05, 3.63) is 60.2 Å². The van der Waals surface area contributed by atoms with Crippen LogP contribution in [0.3, 0.4) is 0 Å². The highest BCUT2D eigenvalue weighted by molar-refractivity contribution is 5.88. The second-order valence-corrected chi connectivity index (χ2v) is 6.59. The van der Waals surface area contributed by atoms with Crippen molar-refractivity contribution in [2.24, 2.45) is 0 Å². The lowest BCUT2D eigenvalue weighted by molar-refractivity contribution is 0.413. The van der Waals surface area contributed by atoms with Gasteiger partial charge < -0.3 is 19.0 Å². The number of nitrogens with one attached hydrogen (secondary N) is 1. The zero-order valence-corrected chi connectivity index (χ0v) is 15.8. The number of aryl methyl sites for hydroxylation is 1. The highest BCUT2D eigenvalue weighted by atomic mass is 16.5. The zero-order valence-electron chi connectivity index (χ0n) is 15.8. The van der Waals surface area contributed by atoms with Crippen LogP contribution in [0.5, 0.6) is 5.75 Å². The molecule has 1 N–H and O–H groups in total.